The van der Waals surface area contributed by atoms with E-state index in [4.69, 9.17) is 4.74 Å². The molecule has 0 atom stereocenters. The van der Waals surface area contributed by atoms with Crippen molar-refractivity contribution in [3.63, 3.8) is 0 Å². The summed E-state index contributed by atoms with van der Waals surface area (Å²) in [5.74, 6) is 1.03. The number of rotatable bonds is 7. The minimum absolute atomic E-state index is 0.0778. The minimum atomic E-state index is 0.0778. The lowest BCUT2D eigenvalue weighted by atomic mass is 10.0. The number of ether oxygens (including phenoxy) is 1. The molecule has 0 saturated carbocycles. The third-order valence-corrected chi connectivity index (χ3v) is 5.57. The Bertz CT molecular complexity index is 1010. The van der Waals surface area contributed by atoms with Crippen LogP contribution in [0.2, 0.25) is 0 Å². The van der Waals surface area contributed by atoms with E-state index in [0.29, 0.717) is 0 Å². The number of para-hydroxylation sites is 2. The average Bonchev–Trinajstić information content (AvgIpc) is 2.80. The van der Waals surface area contributed by atoms with Crippen LogP contribution in [0.15, 0.2) is 78.9 Å². The summed E-state index contributed by atoms with van der Waals surface area (Å²) in [4.78, 5) is 17.6. The summed E-state index contributed by atoms with van der Waals surface area (Å²) in [7, 11) is 0. The molecule has 4 nitrogen and oxygen atoms in total. The van der Waals surface area contributed by atoms with Crippen molar-refractivity contribution in [2.75, 3.05) is 31.1 Å². The highest BCUT2D eigenvalue weighted by Gasteiger charge is 2.20. The monoisotopic (exact) mass is 414 g/mol. The Morgan fingerprint density at radius 2 is 1.52 bits per heavy atom. The highest BCUT2D eigenvalue weighted by molar-refractivity contribution is 6.09. The van der Waals surface area contributed by atoms with Crippen LogP contribution in [-0.2, 0) is 6.54 Å². The summed E-state index contributed by atoms with van der Waals surface area (Å²) >= 11 is 0. The van der Waals surface area contributed by atoms with Gasteiger partial charge in [0.15, 0.2) is 5.78 Å². The molecule has 4 rings (SSSR count). The highest BCUT2D eigenvalue weighted by Crippen LogP contribution is 2.30. The maximum absolute atomic E-state index is 12.8. The van der Waals surface area contributed by atoms with Crippen molar-refractivity contribution >= 4 is 11.5 Å². The van der Waals surface area contributed by atoms with E-state index in [1.165, 1.54) is 11.3 Å². The molecule has 0 aromatic heterocycles. The molecule has 160 valence electrons. The fraction of sp³-hybridized carbons (Fsp3) is 0.296. The molecule has 4 heteroatoms. The Labute approximate surface area is 185 Å². The molecule has 3 aromatic carbocycles. The van der Waals surface area contributed by atoms with Gasteiger partial charge in [-0.3, -0.25) is 9.69 Å². The van der Waals surface area contributed by atoms with Crippen LogP contribution in [0.3, 0.4) is 0 Å². The van der Waals surface area contributed by atoms with Crippen LogP contribution in [0.4, 0.5) is 5.69 Å². The lowest BCUT2D eigenvalue weighted by Crippen LogP contribution is -2.46. The molecule has 1 saturated heterocycles. The number of hydrogen-bond donors (Lipinski definition) is 0. The van der Waals surface area contributed by atoms with Gasteiger partial charge in [0.05, 0.1) is 11.8 Å². The standard InChI is InChI=1S/C27H30N2O2/c1-21(2)31-26-14-7-6-13-25(26)29-17-15-28(16-18-29)20-22-9-8-12-24(19-22)27(30)23-10-4-3-5-11-23/h3-14,19,21H,15-18,20H2,1-2H3. The van der Waals surface area contributed by atoms with Gasteiger partial charge >= 0.3 is 0 Å². The fourth-order valence-corrected chi connectivity index (χ4v) is 4.04. The second-order valence-corrected chi connectivity index (χ2v) is 8.29. The van der Waals surface area contributed by atoms with E-state index in [2.05, 4.69) is 47.9 Å². The summed E-state index contributed by atoms with van der Waals surface area (Å²) in [5, 5.41) is 0. The zero-order chi connectivity index (χ0) is 21.6. The van der Waals surface area contributed by atoms with Crippen LogP contribution in [0.1, 0.15) is 35.3 Å². The van der Waals surface area contributed by atoms with Crippen LogP contribution >= 0.6 is 0 Å². The minimum Gasteiger partial charge on any atom is -0.489 e. The molecule has 1 aliphatic heterocycles. The molecule has 0 aliphatic carbocycles. The van der Waals surface area contributed by atoms with Crippen LogP contribution < -0.4 is 9.64 Å². The second kappa shape index (κ2) is 9.80. The van der Waals surface area contributed by atoms with Crippen molar-refractivity contribution in [1.82, 2.24) is 4.90 Å². The summed E-state index contributed by atoms with van der Waals surface area (Å²) in [5.41, 5.74) is 3.84. The van der Waals surface area contributed by atoms with E-state index in [0.717, 1.165) is 49.6 Å². The Hall–Kier alpha value is -3.11. The first kappa shape index (κ1) is 21.1. The van der Waals surface area contributed by atoms with Crippen molar-refractivity contribution in [2.24, 2.45) is 0 Å². The third-order valence-electron chi connectivity index (χ3n) is 5.57. The Balaban J connectivity index is 1.38. The molecule has 0 unspecified atom stereocenters. The smallest absolute Gasteiger partial charge is 0.193 e. The van der Waals surface area contributed by atoms with Crippen LogP contribution in [0, 0.1) is 0 Å². The zero-order valence-electron chi connectivity index (χ0n) is 18.3. The van der Waals surface area contributed by atoms with Gasteiger partial charge < -0.3 is 9.64 Å². The number of hydrogen-bond acceptors (Lipinski definition) is 4. The average molecular weight is 415 g/mol. The van der Waals surface area contributed by atoms with E-state index in [1.807, 2.05) is 54.6 Å². The number of anilines is 1. The predicted molar refractivity (Wildman–Crippen MR) is 126 cm³/mol. The number of piperazine rings is 1. The van der Waals surface area contributed by atoms with Crippen molar-refractivity contribution in [3.8, 4) is 5.75 Å². The second-order valence-electron chi connectivity index (χ2n) is 8.29. The van der Waals surface area contributed by atoms with Crippen LogP contribution in [0.5, 0.6) is 5.75 Å². The Kier molecular flexibility index (Phi) is 6.68. The number of benzene rings is 3. The van der Waals surface area contributed by atoms with Gasteiger partial charge in [0.2, 0.25) is 0 Å². The lowest BCUT2D eigenvalue weighted by molar-refractivity contribution is 0.103. The van der Waals surface area contributed by atoms with Gasteiger partial charge in [-0.2, -0.15) is 0 Å². The van der Waals surface area contributed by atoms with E-state index < -0.39 is 0 Å². The summed E-state index contributed by atoms with van der Waals surface area (Å²) in [6.45, 7) is 8.85. The lowest BCUT2D eigenvalue weighted by Gasteiger charge is -2.37. The molecule has 0 N–H and O–H groups in total. The van der Waals surface area contributed by atoms with Crippen molar-refractivity contribution in [2.45, 2.75) is 26.5 Å². The fourth-order valence-electron chi connectivity index (χ4n) is 4.04. The molecule has 1 fully saturated rings. The zero-order valence-corrected chi connectivity index (χ0v) is 18.3. The summed E-state index contributed by atoms with van der Waals surface area (Å²) in [6, 6.07) is 25.8. The molecular formula is C27H30N2O2. The molecule has 0 spiro atoms. The molecular weight excluding hydrogens is 384 g/mol. The van der Waals surface area contributed by atoms with E-state index in [9.17, 15) is 4.79 Å². The first-order chi connectivity index (χ1) is 15.1. The number of carbonyl (C=O) groups excluding carboxylic acids is 1. The molecule has 1 aliphatic rings. The number of ketones is 1. The summed E-state index contributed by atoms with van der Waals surface area (Å²) in [6.07, 6.45) is 0.160. The Morgan fingerprint density at radius 1 is 0.839 bits per heavy atom. The molecule has 1 heterocycles. The van der Waals surface area contributed by atoms with Gasteiger partial charge in [0, 0.05) is 43.9 Å². The molecule has 0 amide bonds. The maximum Gasteiger partial charge on any atom is 0.193 e. The molecule has 31 heavy (non-hydrogen) atoms. The van der Waals surface area contributed by atoms with Crippen molar-refractivity contribution in [3.05, 3.63) is 95.6 Å². The SMILES string of the molecule is CC(C)Oc1ccccc1N1CCN(Cc2cccc(C(=O)c3ccccc3)c2)CC1. The van der Waals surface area contributed by atoms with Crippen molar-refractivity contribution in [1.29, 1.82) is 0 Å². The van der Waals surface area contributed by atoms with Gasteiger partial charge in [-0.25, -0.2) is 0 Å². The van der Waals surface area contributed by atoms with Crippen molar-refractivity contribution < 1.29 is 9.53 Å². The van der Waals surface area contributed by atoms with Gasteiger partial charge in [-0.15, -0.1) is 0 Å². The normalized spacial score (nSPS) is 14.6. The first-order valence-corrected chi connectivity index (χ1v) is 11.0. The topological polar surface area (TPSA) is 32.8 Å². The predicted octanol–water partition coefficient (Wildman–Crippen LogP) is 5.03. The van der Waals surface area contributed by atoms with Gasteiger partial charge in [0.25, 0.3) is 0 Å². The Morgan fingerprint density at radius 3 is 2.26 bits per heavy atom. The van der Waals surface area contributed by atoms with Crippen LogP contribution in [-0.4, -0.2) is 43.0 Å². The van der Waals surface area contributed by atoms with Gasteiger partial charge in [0.1, 0.15) is 5.75 Å². The van der Waals surface area contributed by atoms with E-state index >= 15 is 0 Å². The molecule has 3 aromatic rings. The molecule has 0 bridgehead atoms. The quantitative estimate of drug-likeness (QED) is 0.508. The largest absolute Gasteiger partial charge is 0.489 e. The maximum atomic E-state index is 12.8. The van der Waals surface area contributed by atoms with Crippen LogP contribution in [0.25, 0.3) is 0 Å². The van der Waals surface area contributed by atoms with Gasteiger partial charge in [-0.1, -0.05) is 60.7 Å². The highest BCUT2D eigenvalue weighted by atomic mass is 16.5. The number of nitrogens with zero attached hydrogens (tertiary/aromatic N) is 2. The van der Waals surface area contributed by atoms with E-state index in [1.54, 1.807) is 0 Å². The third kappa shape index (κ3) is 5.33. The number of carbonyl (C=O) groups is 1. The summed E-state index contributed by atoms with van der Waals surface area (Å²) < 4.78 is 6.01. The molecule has 0 radical (unpaired) electrons. The van der Waals surface area contributed by atoms with Gasteiger partial charge in [-0.05, 0) is 37.6 Å². The first-order valence-electron chi connectivity index (χ1n) is 11.0. The van der Waals surface area contributed by atoms with E-state index in [-0.39, 0.29) is 11.9 Å².